The number of nitriles is 1. The lowest BCUT2D eigenvalue weighted by Crippen LogP contribution is -2.46. The van der Waals surface area contributed by atoms with Crippen molar-refractivity contribution < 1.29 is 24.6 Å². The fourth-order valence-electron chi connectivity index (χ4n) is 1.60. The van der Waals surface area contributed by atoms with Crippen molar-refractivity contribution in [2.75, 3.05) is 25.0 Å². The van der Waals surface area contributed by atoms with Crippen LogP contribution in [0.2, 0.25) is 0 Å². The Labute approximate surface area is 120 Å². The summed E-state index contributed by atoms with van der Waals surface area (Å²) < 4.78 is 0. The zero-order valence-electron chi connectivity index (χ0n) is 11.2. The molecule has 1 aromatic rings. The lowest BCUT2D eigenvalue weighted by Gasteiger charge is -2.25. The number of carbonyl (C=O) groups is 3. The summed E-state index contributed by atoms with van der Waals surface area (Å²) in [5.74, 6) is -2.62. The molecule has 110 valence electrons. The fourth-order valence-corrected chi connectivity index (χ4v) is 1.60. The summed E-state index contributed by atoms with van der Waals surface area (Å²) in [5, 5.41) is 26.1. The predicted molar refractivity (Wildman–Crippen MR) is 71.8 cm³/mol. The van der Waals surface area contributed by atoms with Crippen LogP contribution in [0.4, 0.5) is 10.5 Å². The Morgan fingerprint density at radius 1 is 1.10 bits per heavy atom. The van der Waals surface area contributed by atoms with Crippen LogP contribution < -0.4 is 4.90 Å². The molecule has 0 aliphatic heterocycles. The molecule has 0 atom stereocenters. The van der Waals surface area contributed by atoms with Crippen LogP contribution >= 0.6 is 0 Å². The van der Waals surface area contributed by atoms with Crippen molar-refractivity contribution in [3.63, 3.8) is 0 Å². The molecule has 0 saturated heterocycles. The monoisotopic (exact) mass is 291 g/mol. The molecule has 2 amide bonds. The van der Waals surface area contributed by atoms with E-state index in [1.807, 2.05) is 6.07 Å². The van der Waals surface area contributed by atoms with Crippen molar-refractivity contribution in [2.24, 2.45) is 0 Å². The molecule has 1 aromatic carbocycles. The van der Waals surface area contributed by atoms with Gasteiger partial charge in [0.2, 0.25) is 0 Å². The van der Waals surface area contributed by atoms with Gasteiger partial charge in [-0.05, 0) is 24.3 Å². The van der Waals surface area contributed by atoms with Gasteiger partial charge in [-0.1, -0.05) is 0 Å². The maximum Gasteiger partial charge on any atom is 0.325 e. The maximum absolute atomic E-state index is 12.1. The second kappa shape index (κ2) is 6.91. The number of benzene rings is 1. The number of carboxylic acids is 2. The summed E-state index contributed by atoms with van der Waals surface area (Å²) in [5.41, 5.74) is 0.826. The minimum absolute atomic E-state index is 0.410. The highest BCUT2D eigenvalue weighted by Crippen LogP contribution is 2.15. The van der Waals surface area contributed by atoms with Crippen molar-refractivity contribution in [3.8, 4) is 6.07 Å². The number of aliphatic carboxylic acids is 2. The SMILES string of the molecule is CN(C(=O)N(CC(=O)O)CC(=O)O)c1ccc(C#N)cc1. The summed E-state index contributed by atoms with van der Waals surface area (Å²) in [6, 6.07) is 7.18. The molecule has 0 aliphatic rings. The van der Waals surface area contributed by atoms with Gasteiger partial charge in [-0.3, -0.25) is 14.5 Å². The number of anilines is 1. The Kier molecular flexibility index (Phi) is 5.25. The van der Waals surface area contributed by atoms with E-state index in [1.165, 1.54) is 31.3 Å². The number of urea groups is 1. The van der Waals surface area contributed by atoms with Crippen LogP contribution in [0.25, 0.3) is 0 Å². The summed E-state index contributed by atoms with van der Waals surface area (Å²) in [6.07, 6.45) is 0. The Morgan fingerprint density at radius 3 is 1.95 bits per heavy atom. The first kappa shape index (κ1) is 16.0. The minimum Gasteiger partial charge on any atom is -0.480 e. The third-order valence-corrected chi connectivity index (χ3v) is 2.59. The van der Waals surface area contributed by atoms with Crippen LogP contribution in [0.5, 0.6) is 0 Å². The lowest BCUT2D eigenvalue weighted by atomic mass is 10.2. The van der Waals surface area contributed by atoms with Crippen LogP contribution in [-0.2, 0) is 9.59 Å². The van der Waals surface area contributed by atoms with E-state index in [0.717, 1.165) is 4.90 Å². The van der Waals surface area contributed by atoms with Gasteiger partial charge >= 0.3 is 18.0 Å². The quantitative estimate of drug-likeness (QED) is 0.818. The van der Waals surface area contributed by atoms with Crippen LogP contribution in [0.1, 0.15) is 5.56 Å². The van der Waals surface area contributed by atoms with Gasteiger partial charge in [0.05, 0.1) is 11.6 Å². The number of nitrogens with zero attached hydrogens (tertiary/aromatic N) is 3. The predicted octanol–water partition coefficient (Wildman–Crippen LogP) is 0.586. The zero-order valence-corrected chi connectivity index (χ0v) is 11.2. The fraction of sp³-hybridized carbons (Fsp3) is 0.231. The van der Waals surface area contributed by atoms with Gasteiger partial charge in [-0.2, -0.15) is 5.26 Å². The summed E-state index contributed by atoms with van der Waals surface area (Å²) in [4.78, 5) is 35.3. The van der Waals surface area contributed by atoms with Crippen LogP contribution in [-0.4, -0.2) is 53.2 Å². The van der Waals surface area contributed by atoms with Crippen molar-refractivity contribution in [1.29, 1.82) is 5.26 Å². The van der Waals surface area contributed by atoms with Crippen LogP contribution in [0.15, 0.2) is 24.3 Å². The minimum atomic E-state index is -1.31. The standard InChI is InChI=1S/C13H13N3O5/c1-15(10-4-2-9(6-14)3-5-10)13(21)16(7-11(17)18)8-12(19)20/h2-5H,7-8H2,1H3,(H,17,18)(H,19,20). The molecule has 21 heavy (non-hydrogen) atoms. The second-order valence-electron chi connectivity index (χ2n) is 4.14. The van der Waals surface area contributed by atoms with E-state index in [0.29, 0.717) is 16.2 Å². The molecule has 0 heterocycles. The van der Waals surface area contributed by atoms with Gasteiger partial charge in [0, 0.05) is 12.7 Å². The third kappa shape index (κ3) is 4.50. The van der Waals surface area contributed by atoms with E-state index >= 15 is 0 Å². The number of rotatable bonds is 5. The second-order valence-corrected chi connectivity index (χ2v) is 4.14. The number of hydrogen-bond donors (Lipinski definition) is 2. The summed E-state index contributed by atoms with van der Waals surface area (Å²) >= 11 is 0. The molecular formula is C13H13N3O5. The molecule has 0 bridgehead atoms. The van der Waals surface area contributed by atoms with E-state index < -0.39 is 31.1 Å². The average molecular weight is 291 g/mol. The number of hydrogen-bond acceptors (Lipinski definition) is 4. The van der Waals surface area contributed by atoms with Crippen LogP contribution in [0, 0.1) is 11.3 Å². The zero-order chi connectivity index (χ0) is 16.0. The highest BCUT2D eigenvalue weighted by molar-refractivity contribution is 5.95. The molecule has 8 nitrogen and oxygen atoms in total. The molecule has 0 aliphatic carbocycles. The van der Waals surface area contributed by atoms with Crippen molar-refractivity contribution >= 4 is 23.7 Å². The first-order chi connectivity index (χ1) is 9.85. The van der Waals surface area contributed by atoms with Crippen molar-refractivity contribution in [1.82, 2.24) is 4.90 Å². The van der Waals surface area contributed by atoms with E-state index in [2.05, 4.69) is 0 Å². The van der Waals surface area contributed by atoms with E-state index in [9.17, 15) is 14.4 Å². The molecule has 0 radical (unpaired) electrons. The molecule has 0 fully saturated rings. The summed E-state index contributed by atoms with van der Waals surface area (Å²) in [7, 11) is 1.39. The molecule has 2 N–H and O–H groups in total. The maximum atomic E-state index is 12.1. The molecule has 0 spiro atoms. The summed E-state index contributed by atoms with van der Waals surface area (Å²) in [6.45, 7) is -1.43. The first-order valence-electron chi connectivity index (χ1n) is 5.81. The number of carbonyl (C=O) groups excluding carboxylic acids is 1. The van der Waals surface area contributed by atoms with Gasteiger partial charge in [-0.15, -0.1) is 0 Å². The normalized spacial score (nSPS) is 9.52. The Bertz CT molecular complexity index is 575. The van der Waals surface area contributed by atoms with Gasteiger partial charge in [0.15, 0.2) is 0 Å². The Hall–Kier alpha value is -3.08. The lowest BCUT2D eigenvalue weighted by molar-refractivity contribution is -0.140. The Morgan fingerprint density at radius 2 is 1.57 bits per heavy atom. The van der Waals surface area contributed by atoms with Gasteiger partial charge in [0.1, 0.15) is 13.1 Å². The first-order valence-corrected chi connectivity index (χ1v) is 5.81. The molecule has 0 unspecified atom stereocenters. The van der Waals surface area contributed by atoms with Gasteiger partial charge in [-0.25, -0.2) is 4.79 Å². The molecule has 0 aromatic heterocycles. The number of carboxylic acid groups (broad SMARTS) is 2. The Balaban J connectivity index is 2.92. The van der Waals surface area contributed by atoms with E-state index in [4.69, 9.17) is 15.5 Å². The molecule has 8 heteroatoms. The highest BCUT2D eigenvalue weighted by atomic mass is 16.4. The van der Waals surface area contributed by atoms with Gasteiger partial charge < -0.3 is 15.1 Å². The van der Waals surface area contributed by atoms with Crippen LogP contribution in [0.3, 0.4) is 0 Å². The van der Waals surface area contributed by atoms with Crippen molar-refractivity contribution in [2.45, 2.75) is 0 Å². The van der Waals surface area contributed by atoms with E-state index in [-0.39, 0.29) is 0 Å². The number of amides is 2. The third-order valence-electron chi connectivity index (χ3n) is 2.59. The average Bonchev–Trinajstić information content (AvgIpc) is 2.44. The van der Waals surface area contributed by atoms with Crippen molar-refractivity contribution in [3.05, 3.63) is 29.8 Å². The van der Waals surface area contributed by atoms with Gasteiger partial charge in [0.25, 0.3) is 0 Å². The molecule has 0 saturated carbocycles. The highest BCUT2D eigenvalue weighted by Gasteiger charge is 2.23. The largest absolute Gasteiger partial charge is 0.480 e. The topological polar surface area (TPSA) is 122 Å². The molecule has 1 rings (SSSR count). The smallest absolute Gasteiger partial charge is 0.325 e. The van der Waals surface area contributed by atoms with E-state index in [1.54, 1.807) is 0 Å². The molecular weight excluding hydrogens is 278 g/mol.